The Morgan fingerprint density at radius 1 is 1.11 bits per heavy atom. The molecular weight excluding hydrogens is 272 g/mol. The van der Waals surface area contributed by atoms with Gasteiger partial charge in [0.15, 0.2) is 11.6 Å². The molecule has 0 amide bonds. The van der Waals surface area contributed by atoms with Crippen LogP contribution >= 0.6 is 11.6 Å². The van der Waals surface area contributed by atoms with Crippen molar-refractivity contribution in [3.8, 4) is 11.4 Å². The van der Waals surface area contributed by atoms with Gasteiger partial charge in [0.05, 0.1) is 11.0 Å². The molecule has 0 atom stereocenters. The van der Waals surface area contributed by atoms with Crippen molar-refractivity contribution in [1.82, 2.24) is 9.97 Å². The summed E-state index contributed by atoms with van der Waals surface area (Å²) < 4.78 is 26.3. The number of nitrogen functional groups attached to an aromatic ring is 1. The molecule has 1 heterocycles. The lowest BCUT2D eigenvalue weighted by atomic mass is 10.2. The normalized spacial score (nSPS) is 11.1. The largest absolute Gasteiger partial charge is 0.398 e. The number of hydrogen-bond acceptors (Lipinski definition) is 2. The third kappa shape index (κ3) is 2.02. The molecule has 0 aliphatic heterocycles. The van der Waals surface area contributed by atoms with E-state index >= 15 is 0 Å². The number of nitrogens with zero attached hydrogens (tertiary/aromatic N) is 1. The van der Waals surface area contributed by atoms with E-state index in [4.69, 9.17) is 17.3 Å². The summed E-state index contributed by atoms with van der Waals surface area (Å²) in [5.74, 6) is -1.45. The van der Waals surface area contributed by atoms with Crippen LogP contribution in [0.1, 0.15) is 0 Å². The lowest BCUT2D eigenvalue weighted by molar-refractivity contribution is 0.510. The second-order valence-corrected chi connectivity index (χ2v) is 4.54. The molecule has 3 N–H and O–H groups in total. The molecule has 6 heteroatoms. The minimum atomic E-state index is -0.940. The number of H-pyrrole nitrogens is 1. The van der Waals surface area contributed by atoms with Gasteiger partial charge in [0.2, 0.25) is 0 Å². The van der Waals surface area contributed by atoms with Gasteiger partial charge < -0.3 is 10.7 Å². The van der Waals surface area contributed by atoms with Crippen molar-refractivity contribution in [3.05, 3.63) is 47.0 Å². The maximum atomic E-state index is 13.1. The average Bonchev–Trinajstić information content (AvgIpc) is 2.75. The highest BCUT2D eigenvalue weighted by molar-refractivity contribution is 6.31. The Hall–Kier alpha value is -2.14. The molecule has 0 saturated carbocycles. The Labute approximate surface area is 112 Å². The van der Waals surface area contributed by atoms with Gasteiger partial charge in [0.25, 0.3) is 0 Å². The molecule has 0 unspecified atom stereocenters. The Morgan fingerprint density at radius 2 is 1.84 bits per heavy atom. The smallest absolute Gasteiger partial charge is 0.161 e. The molecule has 3 aromatic rings. The van der Waals surface area contributed by atoms with Crippen LogP contribution in [0.4, 0.5) is 14.5 Å². The fourth-order valence-corrected chi connectivity index (χ4v) is 2.04. The highest BCUT2D eigenvalue weighted by Gasteiger charge is 2.12. The summed E-state index contributed by atoms with van der Waals surface area (Å²) in [5, 5.41) is 0.502. The molecule has 0 aliphatic carbocycles. The zero-order chi connectivity index (χ0) is 13.6. The first kappa shape index (κ1) is 11.9. The summed E-state index contributed by atoms with van der Waals surface area (Å²) in [6.45, 7) is 0. The van der Waals surface area contributed by atoms with Gasteiger partial charge in [0.1, 0.15) is 5.82 Å². The Balaban J connectivity index is 2.23. The molecule has 0 radical (unpaired) electrons. The van der Waals surface area contributed by atoms with Gasteiger partial charge in [-0.15, -0.1) is 0 Å². The van der Waals surface area contributed by atoms with E-state index in [2.05, 4.69) is 9.97 Å². The number of rotatable bonds is 1. The number of halogens is 3. The number of fused-ring (bicyclic) bond motifs is 1. The average molecular weight is 280 g/mol. The van der Waals surface area contributed by atoms with Crippen molar-refractivity contribution in [3.63, 3.8) is 0 Å². The number of nitrogens with one attached hydrogen (secondary N) is 1. The first-order chi connectivity index (χ1) is 9.04. The van der Waals surface area contributed by atoms with Crippen LogP contribution in [0.2, 0.25) is 5.02 Å². The maximum Gasteiger partial charge on any atom is 0.161 e. The van der Waals surface area contributed by atoms with Crippen molar-refractivity contribution in [2.24, 2.45) is 0 Å². The molecule has 3 rings (SSSR count). The van der Waals surface area contributed by atoms with Crippen LogP contribution in [0.15, 0.2) is 30.3 Å². The van der Waals surface area contributed by atoms with Crippen molar-refractivity contribution in [1.29, 1.82) is 0 Å². The minimum absolute atomic E-state index is 0.327. The summed E-state index contributed by atoms with van der Waals surface area (Å²) in [6, 6.07) is 7.03. The van der Waals surface area contributed by atoms with E-state index in [1.54, 1.807) is 18.2 Å². The van der Waals surface area contributed by atoms with E-state index in [1.165, 1.54) is 0 Å². The summed E-state index contributed by atoms with van der Waals surface area (Å²) >= 11 is 5.90. The molecule has 0 aliphatic rings. The van der Waals surface area contributed by atoms with E-state index in [1.807, 2.05) is 0 Å². The predicted molar refractivity (Wildman–Crippen MR) is 70.9 cm³/mol. The van der Waals surface area contributed by atoms with Gasteiger partial charge in [-0.3, -0.25) is 0 Å². The first-order valence-corrected chi connectivity index (χ1v) is 5.82. The molecule has 0 spiro atoms. The standard InChI is InChI=1S/C13H8ClF2N3/c14-6-1-2-10(17)7(3-6)13-18-11-4-8(15)9(16)5-12(11)19-13/h1-5H,17H2,(H,18,19). The molecule has 0 fully saturated rings. The summed E-state index contributed by atoms with van der Waals surface area (Å²) in [5.41, 5.74) is 7.62. The molecule has 3 nitrogen and oxygen atoms in total. The number of hydrogen-bond donors (Lipinski definition) is 2. The quantitative estimate of drug-likeness (QED) is 0.667. The van der Waals surface area contributed by atoms with Gasteiger partial charge in [-0.1, -0.05) is 11.6 Å². The first-order valence-electron chi connectivity index (χ1n) is 5.45. The number of aromatic nitrogens is 2. The lowest BCUT2D eigenvalue weighted by Gasteiger charge is -2.02. The van der Waals surface area contributed by atoms with Crippen LogP contribution in [-0.4, -0.2) is 9.97 Å². The Bertz CT molecular complexity index is 744. The van der Waals surface area contributed by atoms with Gasteiger partial charge in [-0.2, -0.15) is 0 Å². The number of nitrogens with two attached hydrogens (primary N) is 1. The molecular formula is C13H8ClF2N3. The summed E-state index contributed by atoms with van der Waals surface area (Å²) in [4.78, 5) is 7.08. The molecule has 96 valence electrons. The number of aromatic amines is 1. The van der Waals surface area contributed by atoms with E-state index in [-0.39, 0.29) is 0 Å². The monoisotopic (exact) mass is 279 g/mol. The molecule has 0 bridgehead atoms. The highest BCUT2D eigenvalue weighted by Crippen LogP contribution is 2.29. The van der Waals surface area contributed by atoms with E-state index in [9.17, 15) is 8.78 Å². The third-order valence-corrected chi connectivity index (χ3v) is 3.03. The Kier molecular flexibility index (Phi) is 2.64. The summed E-state index contributed by atoms with van der Waals surface area (Å²) in [6.07, 6.45) is 0. The minimum Gasteiger partial charge on any atom is -0.398 e. The topological polar surface area (TPSA) is 54.7 Å². The number of anilines is 1. The van der Waals surface area contributed by atoms with Crippen LogP contribution in [-0.2, 0) is 0 Å². The third-order valence-electron chi connectivity index (χ3n) is 2.79. The number of benzene rings is 2. The maximum absolute atomic E-state index is 13.1. The summed E-state index contributed by atoms with van der Waals surface area (Å²) in [7, 11) is 0. The van der Waals surface area contributed by atoms with Crippen molar-refractivity contribution < 1.29 is 8.78 Å². The lowest BCUT2D eigenvalue weighted by Crippen LogP contribution is -1.90. The molecule has 2 aromatic carbocycles. The second-order valence-electron chi connectivity index (χ2n) is 4.10. The van der Waals surface area contributed by atoms with Crippen LogP contribution in [0.5, 0.6) is 0 Å². The fourth-order valence-electron chi connectivity index (χ4n) is 1.87. The van der Waals surface area contributed by atoms with Gasteiger partial charge >= 0.3 is 0 Å². The SMILES string of the molecule is Nc1ccc(Cl)cc1-c1nc2cc(F)c(F)cc2[nH]1. The van der Waals surface area contributed by atoms with Gasteiger partial charge in [-0.25, -0.2) is 13.8 Å². The van der Waals surface area contributed by atoms with Crippen LogP contribution in [0, 0.1) is 11.6 Å². The van der Waals surface area contributed by atoms with E-state index in [0.29, 0.717) is 33.1 Å². The zero-order valence-electron chi connectivity index (χ0n) is 9.55. The van der Waals surface area contributed by atoms with E-state index in [0.717, 1.165) is 12.1 Å². The van der Waals surface area contributed by atoms with Crippen molar-refractivity contribution >= 4 is 28.3 Å². The van der Waals surface area contributed by atoms with Crippen molar-refractivity contribution in [2.45, 2.75) is 0 Å². The van der Waals surface area contributed by atoms with Crippen LogP contribution < -0.4 is 5.73 Å². The van der Waals surface area contributed by atoms with Gasteiger partial charge in [0, 0.05) is 28.4 Å². The molecule has 1 aromatic heterocycles. The Morgan fingerprint density at radius 3 is 2.63 bits per heavy atom. The second kappa shape index (κ2) is 4.20. The van der Waals surface area contributed by atoms with Gasteiger partial charge in [-0.05, 0) is 18.2 Å². The molecule has 19 heavy (non-hydrogen) atoms. The highest BCUT2D eigenvalue weighted by atomic mass is 35.5. The van der Waals surface area contributed by atoms with E-state index < -0.39 is 11.6 Å². The van der Waals surface area contributed by atoms with Crippen LogP contribution in [0.3, 0.4) is 0 Å². The zero-order valence-corrected chi connectivity index (χ0v) is 10.3. The molecule has 0 saturated heterocycles. The fraction of sp³-hybridized carbons (Fsp3) is 0. The van der Waals surface area contributed by atoms with Crippen LogP contribution in [0.25, 0.3) is 22.4 Å². The van der Waals surface area contributed by atoms with Crippen molar-refractivity contribution in [2.75, 3.05) is 5.73 Å². The predicted octanol–water partition coefficient (Wildman–Crippen LogP) is 3.74. The number of imidazole rings is 1.